The Labute approximate surface area is 173 Å². The zero-order valence-electron chi connectivity index (χ0n) is 15.0. The number of halogens is 4. The van der Waals surface area contributed by atoms with Gasteiger partial charge in [-0.25, -0.2) is 4.98 Å². The lowest BCUT2D eigenvalue weighted by atomic mass is 10.2. The van der Waals surface area contributed by atoms with Gasteiger partial charge in [0.25, 0.3) is 0 Å². The maximum absolute atomic E-state index is 12.8. The summed E-state index contributed by atoms with van der Waals surface area (Å²) in [6.07, 6.45) is -4.44. The van der Waals surface area contributed by atoms with E-state index in [1.165, 1.54) is 30.6 Å². The minimum atomic E-state index is -4.43. The average Bonchev–Trinajstić information content (AvgIpc) is 3.08. The first-order chi connectivity index (χ1) is 13.7. The van der Waals surface area contributed by atoms with Gasteiger partial charge >= 0.3 is 6.18 Å². The molecule has 0 saturated heterocycles. The number of amides is 1. The van der Waals surface area contributed by atoms with Crippen LogP contribution in [0.5, 0.6) is 5.75 Å². The summed E-state index contributed by atoms with van der Waals surface area (Å²) in [5, 5.41) is 8.01. The monoisotopic (exact) mass is 441 g/mol. The predicted molar refractivity (Wildman–Crippen MR) is 107 cm³/mol. The SMILES string of the molecule is COc1ccc(Cl)cc1NC(=O)Cc1csc(Nc2cccc(C(F)(F)F)c2)n1. The second-order valence-corrected chi connectivity index (χ2v) is 7.21. The molecule has 3 rings (SSSR count). The summed E-state index contributed by atoms with van der Waals surface area (Å²) in [7, 11) is 1.48. The molecule has 2 aromatic carbocycles. The van der Waals surface area contributed by atoms with Crippen LogP contribution < -0.4 is 15.4 Å². The number of alkyl halides is 3. The molecule has 0 unspecified atom stereocenters. The van der Waals surface area contributed by atoms with E-state index in [-0.39, 0.29) is 18.0 Å². The van der Waals surface area contributed by atoms with Gasteiger partial charge in [0.1, 0.15) is 5.75 Å². The molecule has 0 bridgehead atoms. The number of carbonyl (C=O) groups is 1. The highest BCUT2D eigenvalue weighted by atomic mass is 35.5. The molecule has 1 heterocycles. The smallest absolute Gasteiger partial charge is 0.416 e. The third-order valence-electron chi connectivity index (χ3n) is 3.77. The number of thiazole rings is 1. The summed E-state index contributed by atoms with van der Waals surface area (Å²) in [6, 6.07) is 9.66. The topological polar surface area (TPSA) is 63.2 Å². The summed E-state index contributed by atoms with van der Waals surface area (Å²) in [6.45, 7) is 0. The molecule has 1 aromatic heterocycles. The molecule has 0 aliphatic rings. The molecular formula is C19H15ClF3N3O2S. The Kier molecular flexibility index (Phi) is 6.29. The van der Waals surface area contributed by atoms with Crippen molar-refractivity contribution in [3.63, 3.8) is 0 Å². The van der Waals surface area contributed by atoms with Crippen molar-refractivity contribution in [1.82, 2.24) is 4.98 Å². The molecule has 0 atom stereocenters. The number of hydrogen-bond donors (Lipinski definition) is 2. The summed E-state index contributed by atoms with van der Waals surface area (Å²) < 4.78 is 43.6. The number of anilines is 3. The van der Waals surface area contributed by atoms with Crippen molar-refractivity contribution < 1.29 is 22.7 Å². The first-order valence-corrected chi connectivity index (χ1v) is 9.52. The quantitative estimate of drug-likeness (QED) is 0.511. The number of nitrogens with zero attached hydrogens (tertiary/aromatic N) is 1. The predicted octanol–water partition coefficient (Wildman–Crippen LogP) is 5.75. The number of hydrogen-bond acceptors (Lipinski definition) is 5. The molecule has 0 radical (unpaired) electrons. The van der Waals surface area contributed by atoms with Crippen molar-refractivity contribution in [2.24, 2.45) is 0 Å². The molecule has 152 valence electrons. The van der Waals surface area contributed by atoms with Crippen LogP contribution in [0.2, 0.25) is 5.02 Å². The molecule has 0 spiro atoms. The van der Waals surface area contributed by atoms with E-state index in [0.717, 1.165) is 12.1 Å². The molecule has 0 aliphatic heterocycles. The molecule has 0 fully saturated rings. The van der Waals surface area contributed by atoms with Crippen LogP contribution in [-0.4, -0.2) is 18.0 Å². The second kappa shape index (κ2) is 8.71. The third-order valence-corrected chi connectivity index (χ3v) is 4.81. The summed E-state index contributed by atoms with van der Waals surface area (Å²) in [5.41, 5.74) is 0.411. The molecular weight excluding hydrogens is 427 g/mol. The van der Waals surface area contributed by atoms with E-state index in [2.05, 4.69) is 15.6 Å². The molecule has 5 nitrogen and oxygen atoms in total. The Morgan fingerprint density at radius 3 is 2.76 bits per heavy atom. The lowest BCUT2D eigenvalue weighted by molar-refractivity contribution is -0.137. The van der Waals surface area contributed by atoms with Gasteiger partial charge < -0.3 is 15.4 Å². The zero-order valence-corrected chi connectivity index (χ0v) is 16.6. The van der Waals surface area contributed by atoms with Crippen LogP contribution in [0.25, 0.3) is 0 Å². The Balaban J connectivity index is 1.65. The van der Waals surface area contributed by atoms with Crippen LogP contribution in [-0.2, 0) is 17.4 Å². The van der Waals surface area contributed by atoms with Gasteiger partial charge in [-0.2, -0.15) is 13.2 Å². The van der Waals surface area contributed by atoms with Crippen LogP contribution >= 0.6 is 22.9 Å². The van der Waals surface area contributed by atoms with Crippen molar-refractivity contribution in [3.8, 4) is 5.75 Å². The Hall–Kier alpha value is -2.78. The Bertz CT molecular complexity index is 1020. The second-order valence-electron chi connectivity index (χ2n) is 5.92. The fourth-order valence-corrected chi connectivity index (χ4v) is 3.38. The van der Waals surface area contributed by atoms with Crippen LogP contribution in [0.1, 0.15) is 11.3 Å². The normalized spacial score (nSPS) is 11.2. The fourth-order valence-electron chi connectivity index (χ4n) is 2.48. The van der Waals surface area contributed by atoms with Crippen LogP contribution in [0.15, 0.2) is 47.8 Å². The standard InChI is InChI=1S/C19H15ClF3N3O2S/c1-28-16-6-5-12(20)8-15(16)26-17(27)9-14-10-29-18(25-14)24-13-4-2-3-11(7-13)19(21,22)23/h2-8,10H,9H2,1H3,(H,24,25)(H,26,27). The van der Waals surface area contributed by atoms with Crippen LogP contribution in [0.3, 0.4) is 0 Å². The summed E-state index contributed by atoms with van der Waals surface area (Å²) in [5.74, 6) is 0.134. The number of methoxy groups -OCH3 is 1. The van der Waals surface area contributed by atoms with Gasteiger partial charge in [-0.15, -0.1) is 11.3 Å². The highest BCUT2D eigenvalue weighted by Crippen LogP contribution is 2.32. The van der Waals surface area contributed by atoms with Crippen molar-refractivity contribution >= 4 is 45.4 Å². The maximum Gasteiger partial charge on any atom is 0.416 e. The van der Waals surface area contributed by atoms with Gasteiger partial charge in [0.05, 0.1) is 30.5 Å². The first kappa shape index (κ1) is 20.9. The molecule has 0 aliphatic carbocycles. The van der Waals surface area contributed by atoms with Crippen LogP contribution in [0.4, 0.5) is 29.7 Å². The minimum Gasteiger partial charge on any atom is -0.495 e. The molecule has 3 aromatic rings. The molecule has 1 amide bonds. The molecule has 10 heteroatoms. The van der Waals surface area contributed by atoms with Gasteiger partial charge in [-0.1, -0.05) is 17.7 Å². The van der Waals surface area contributed by atoms with Gasteiger partial charge in [0.15, 0.2) is 5.13 Å². The lowest BCUT2D eigenvalue weighted by Gasteiger charge is -2.10. The number of rotatable bonds is 6. The molecule has 2 N–H and O–H groups in total. The Morgan fingerprint density at radius 2 is 2.03 bits per heavy atom. The number of ether oxygens (including phenoxy) is 1. The third kappa shape index (κ3) is 5.61. The number of nitrogens with one attached hydrogen (secondary N) is 2. The number of carbonyl (C=O) groups excluding carboxylic acids is 1. The fraction of sp³-hybridized carbons (Fsp3) is 0.158. The van der Waals surface area contributed by atoms with Crippen molar-refractivity contribution in [2.45, 2.75) is 12.6 Å². The lowest BCUT2D eigenvalue weighted by Crippen LogP contribution is -2.15. The van der Waals surface area contributed by atoms with Crippen molar-refractivity contribution in [3.05, 3.63) is 64.1 Å². The Morgan fingerprint density at radius 1 is 1.24 bits per heavy atom. The van der Waals surface area contributed by atoms with E-state index in [1.807, 2.05) is 0 Å². The molecule has 29 heavy (non-hydrogen) atoms. The van der Waals surface area contributed by atoms with Gasteiger partial charge in [0, 0.05) is 16.1 Å². The van der Waals surface area contributed by atoms with E-state index in [9.17, 15) is 18.0 Å². The van der Waals surface area contributed by atoms with E-state index in [1.54, 1.807) is 23.6 Å². The zero-order chi connectivity index (χ0) is 21.0. The van der Waals surface area contributed by atoms with Crippen LogP contribution in [0, 0.1) is 0 Å². The minimum absolute atomic E-state index is 0.0174. The first-order valence-electron chi connectivity index (χ1n) is 8.26. The average molecular weight is 442 g/mol. The van der Waals surface area contributed by atoms with E-state index >= 15 is 0 Å². The van der Waals surface area contributed by atoms with Gasteiger partial charge in [-0.05, 0) is 36.4 Å². The van der Waals surface area contributed by atoms with E-state index < -0.39 is 11.7 Å². The molecule has 0 saturated carbocycles. The maximum atomic E-state index is 12.8. The number of aromatic nitrogens is 1. The van der Waals surface area contributed by atoms with Gasteiger partial charge in [-0.3, -0.25) is 4.79 Å². The van der Waals surface area contributed by atoms with Crippen molar-refractivity contribution in [1.29, 1.82) is 0 Å². The number of benzene rings is 2. The van der Waals surface area contributed by atoms with Gasteiger partial charge in [0.2, 0.25) is 5.91 Å². The summed E-state index contributed by atoms with van der Waals surface area (Å²) >= 11 is 7.13. The van der Waals surface area contributed by atoms with E-state index in [0.29, 0.717) is 27.3 Å². The van der Waals surface area contributed by atoms with Crippen molar-refractivity contribution in [2.75, 3.05) is 17.7 Å². The van der Waals surface area contributed by atoms with E-state index in [4.69, 9.17) is 16.3 Å². The highest BCUT2D eigenvalue weighted by molar-refractivity contribution is 7.13. The summed E-state index contributed by atoms with van der Waals surface area (Å²) in [4.78, 5) is 16.5. The largest absolute Gasteiger partial charge is 0.495 e. The highest BCUT2D eigenvalue weighted by Gasteiger charge is 2.30.